The number of carbonyl (C=O) groups is 3. The Labute approximate surface area is 177 Å². The highest BCUT2D eigenvalue weighted by Crippen LogP contribution is 2.27. The number of hydrogen-bond acceptors (Lipinski definition) is 5. The van der Waals surface area contributed by atoms with E-state index in [1.165, 1.54) is 12.1 Å². The first-order valence-electron chi connectivity index (χ1n) is 8.49. The van der Waals surface area contributed by atoms with Crippen LogP contribution in [0.4, 0.5) is 5.69 Å². The van der Waals surface area contributed by atoms with Crippen molar-refractivity contribution in [3.8, 4) is 5.75 Å². The molecule has 0 unspecified atom stereocenters. The molecule has 2 aromatic carbocycles. The van der Waals surface area contributed by atoms with Gasteiger partial charge < -0.3 is 10.1 Å². The number of carbonyl (C=O) groups excluding carboxylic acids is 3. The van der Waals surface area contributed by atoms with E-state index >= 15 is 0 Å². The molecule has 0 radical (unpaired) electrons. The van der Waals surface area contributed by atoms with Crippen molar-refractivity contribution in [2.75, 3.05) is 11.9 Å². The Morgan fingerprint density at radius 3 is 2.52 bits per heavy atom. The standard InChI is InChI=1S/C20H16ClN3O4S/c1-11-4-2-3-5-15(11)22-17(25)10-28-16-7-6-12(9-14(16)21)8-13-18(26)23-20(29)24-19(13)27/h2-9H,10H2,1H3,(H,22,25)(H2,23,24,26,27,29). The molecule has 9 heteroatoms. The second kappa shape index (κ2) is 8.85. The van der Waals surface area contributed by atoms with Crippen molar-refractivity contribution in [2.45, 2.75) is 6.92 Å². The summed E-state index contributed by atoms with van der Waals surface area (Å²) in [5.74, 6) is -1.22. The zero-order valence-electron chi connectivity index (χ0n) is 15.2. The zero-order valence-corrected chi connectivity index (χ0v) is 16.8. The van der Waals surface area contributed by atoms with Gasteiger partial charge in [0.15, 0.2) is 11.7 Å². The summed E-state index contributed by atoms with van der Waals surface area (Å²) >= 11 is 11.0. The molecule has 0 atom stereocenters. The molecule has 1 saturated heterocycles. The van der Waals surface area contributed by atoms with Gasteiger partial charge in [0.25, 0.3) is 17.7 Å². The van der Waals surface area contributed by atoms with Gasteiger partial charge in [-0.25, -0.2) is 0 Å². The van der Waals surface area contributed by atoms with E-state index in [1.54, 1.807) is 18.2 Å². The lowest BCUT2D eigenvalue weighted by atomic mass is 10.1. The van der Waals surface area contributed by atoms with Gasteiger partial charge >= 0.3 is 0 Å². The van der Waals surface area contributed by atoms with Crippen LogP contribution in [0.5, 0.6) is 5.75 Å². The summed E-state index contributed by atoms with van der Waals surface area (Å²) in [7, 11) is 0. The van der Waals surface area contributed by atoms with Crippen molar-refractivity contribution in [1.29, 1.82) is 0 Å². The van der Waals surface area contributed by atoms with Gasteiger partial charge in [0.2, 0.25) is 0 Å². The van der Waals surface area contributed by atoms with Crippen LogP contribution in [0.3, 0.4) is 0 Å². The van der Waals surface area contributed by atoms with Crippen LogP contribution in [0.15, 0.2) is 48.0 Å². The number of para-hydroxylation sites is 1. The van der Waals surface area contributed by atoms with Gasteiger partial charge in [-0.1, -0.05) is 35.9 Å². The van der Waals surface area contributed by atoms with E-state index < -0.39 is 11.8 Å². The highest BCUT2D eigenvalue weighted by Gasteiger charge is 2.25. The number of anilines is 1. The van der Waals surface area contributed by atoms with E-state index in [0.717, 1.165) is 5.56 Å². The minimum Gasteiger partial charge on any atom is -0.482 e. The second-order valence-corrected chi connectivity index (χ2v) is 6.95. The third-order valence-corrected chi connectivity index (χ3v) is 4.49. The van der Waals surface area contributed by atoms with Crippen LogP contribution in [-0.2, 0) is 14.4 Å². The average Bonchev–Trinajstić information content (AvgIpc) is 2.66. The van der Waals surface area contributed by atoms with Gasteiger partial charge in [0, 0.05) is 5.69 Å². The summed E-state index contributed by atoms with van der Waals surface area (Å²) in [5.41, 5.74) is 2.06. The molecule has 0 bridgehead atoms. The number of hydrogen-bond donors (Lipinski definition) is 3. The number of ether oxygens (including phenoxy) is 1. The number of amides is 3. The number of aryl methyl sites for hydroxylation is 1. The number of thiocarbonyl (C=S) groups is 1. The van der Waals surface area contributed by atoms with Crippen LogP contribution >= 0.6 is 23.8 Å². The maximum atomic E-state index is 12.1. The molecule has 0 aliphatic carbocycles. The molecular formula is C20H16ClN3O4S. The van der Waals surface area contributed by atoms with E-state index in [0.29, 0.717) is 17.0 Å². The number of benzene rings is 2. The monoisotopic (exact) mass is 429 g/mol. The molecule has 29 heavy (non-hydrogen) atoms. The molecule has 3 rings (SSSR count). The van der Waals surface area contributed by atoms with Crippen molar-refractivity contribution in [3.63, 3.8) is 0 Å². The predicted octanol–water partition coefficient (Wildman–Crippen LogP) is 2.58. The summed E-state index contributed by atoms with van der Waals surface area (Å²) < 4.78 is 5.47. The Balaban J connectivity index is 1.65. The topological polar surface area (TPSA) is 96.5 Å². The van der Waals surface area contributed by atoms with Crippen LogP contribution in [0.25, 0.3) is 6.08 Å². The third-order valence-electron chi connectivity index (χ3n) is 3.99. The first-order chi connectivity index (χ1) is 13.8. The zero-order chi connectivity index (χ0) is 21.0. The molecule has 7 nitrogen and oxygen atoms in total. The van der Waals surface area contributed by atoms with Crippen molar-refractivity contribution in [3.05, 3.63) is 64.2 Å². The Kier molecular flexibility index (Phi) is 6.26. The molecule has 3 amide bonds. The number of nitrogens with one attached hydrogen (secondary N) is 3. The molecule has 148 valence electrons. The highest BCUT2D eigenvalue weighted by molar-refractivity contribution is 7.80. The average molecular weight is 430 g/mol. The van der Waals surface area contributed by atoms with Gasteiger partial charge in [-0.2, -0.15) is 0 Å². The molecule has 2 aromatic rings. The fourth-order valence-electron chi connectivity index (χ4n) is 2.54. The molecule has 0 aromatic heterocycles. The predicted molar refractivity (Wildman–Crippen MR) is 114 cm³/mol. The lowest BCUT2D eigenvalue weighted by molar-refractivity contribution is -0.123. The summed E-state index contributed by atoms with van der Waals surface area (Å²) in [6, 6.07) is 12.1. The first-order valence-corrected chi connectivity index (χ1v) is 9.28. The largest absolute Gasteiger partial charge is 0.482 e. The summed E-state index contributed by atoms with van der Waals surface area (Å²) in [6.45, 7) is 1.66. The summed E-state index contributed by atoms with van der Waals surface area (Å²) in [6.07, 6.45) is 1.38. The van der Waals surface area contributed by atoms with E-state index in [-0.39, 0.29) is 28.2 Å². The Morgan fingerprint density at radius 1 is 1.17 bits per heavy atom. The second-order valence-electron chi connectivity index (χ2n) is 6.14. The Bertz CT molecular complexity index is 1030. The lowest BCUT2D eigenvalue weighted by Gasteiger charge is -2.16. The Hall–Kier alpha value is -3.23. The number of halogens is 1. The molecule has 0 saturated carbocycles. The molecule has 1 aliphatic heterocycles. The maximum Gasteiger partial charge on any atom is 0.263 e. The smallest absolute Gasteiger partial charge is 0.263 e. The molecule has 0 spiro atoms. The fourth-order valence-corrected chi connectivity index (χ4v) is 2.97. The van der Waals surface area contributed by atoms with Crippen LogP contribution in [0.2, 0.25) is 5.02 Å². The first kappa shape index (κ1) is 20.5. The third kappa shape index (κ3) is 5.18. The van der Waals surface area contributed by atoms with Crippen LogP contribution < -0.4 is 20.7 Å². The van der Waals surface area contributed by atoms with Gasteiger partial charge in [-0.05, 0) is 54.5 Å². The fraction of sp³-hybridized carbons (Fsp3) is 0.100. The van der Waals surface area contributed by atoms with Gasteiger partial charge in [-0.15, -0.1) is 0 Å². The lowest BCUT2D eigenvalue weighted by Crippen LogP contribution is -2.51. The van der Waals surface area contributed by atoms with E-state index in [4.69, 9.17) is 28.6 Å². The van der Waals surface area contributed by atoms with Gasteiger partial charge in [0.05, 0.1) is 5.02 Å². The summed E-state index contributed by atoms with van der Waals surface area (Å²) in [5, 5.41) is 7.66. The van der Waals surface area contributed by atoms with Crippen LogP contribution in [0.1, 0.15) is 11.1 Å². The van der Waals surface area contributed by atoms with Crippen molar-refractivity contribution in [1.82, 2.24) is 10.6 Å². The molecule has 1 fully saturated rings. The normalized spacial score (nSPS) is 13.4. The van der Waals surface area contributed by atoms with E-state index in [1.807, 2.05) is 25.1 Å². The minimum atomic E-state index is -0.594. The van der Waals surface area contributed by atoms with Crippen molar-refractivity contribution in [2.24, 2.45) is 0 Å². The van der Waals surface area contributed by atoms with Crippen molar-refractivity contribution >= 4 is 58.4 Å². The molecule has 1 aliphatic rings. The SMILES string of the molecule is Cc1ccccc1NC(=O)COc1ccc(C=C2C(=O)NC(=S)NC2=O)cc1Cl. The molecule has 3 N–H and O–H groups in total. The van der Waals surface area contributed by atoms with Crippen LogP contribution in [-0.4, -0.2) is 29.4 Å². The summed E-state index contributed by atoms with van der Waals surface area (Å²) in [4.78, 5) is 35.9. The minimum absolute atomic E-state index is 0.0390. The van der Waals surface area contributed by atoms with Gasteiger partial charge in [0.1, 0.15) is 11.3 Å². The quantitative estimate of drug-likeness (QED) is 0.385. The van der Waals surface area contributed by atoms with E-state index in [2.05, 4.69) is 16.0 Å². The maximum absolute atomic E-state index is 12.1. The van der Waals surface area contributed by atoms with E-state index in [9.17, 15) is 14.4 Å². The molecule has 1 heterocycles. The highest BCUT2D eigenvalue weighted by atomic mass is 35.5. The van der Waals surface area contributed by atoms with Crippen LogP contribution in [0, 0.1) is 6.92 Å². The number of rotatable bonds is 5. The van der Waals surface area contributed by atoms with Gasteiger partial charge in [-0.3, -0.25) is 25.0 Å². The molecular weight excluding hydrogens is 414 g/mol. The Morgan fingerprint density at radius 2 is 1.86 bits per heavy atom. The van der Waals surface area contributed by atoms with Crippen molar-refractivity contribution < 1.29 is 19.1 Å².